The second-order valence-electron chi connectivity index (χ2n) is 8.87. The summed E-state index contributed by atoms with van der Waals surface area (Å²) in [5.74, 6) is -0.799. The molecule has 6 nitrogen and oxygen atoms in total. The summed E-state index contributed by atoms with van der Waals surface area (Å²) in [6.45, 7) is 3.30. The topological polar surface area (TPSA) is 73.8 Å². The zero-order valence-electron chi connectivity index (χ0n) is 19.0. The molecule has 0 saturated carbocycles. The van der Waals surface area contributed by atoms with Crippen molar-refractivity contribution in [3.63, 3.8) is 0 Å². The normalized spacial score (nSPS) is 18.5. The Morgan fingerprint density at radius 3 is 2.44 bits per heavy atom. The lowest BCUT2D eigenvalue weighted by molar-refractivity contribution is -0.121. The molecule has 0 spiro atoms. The first kappa shape index (κ1) is 22.0. The van der Waals surface area contributed by atoms with Crippen LogP contribution in [0.3, 0.4) is 0 Å². The number of fused-ring (bicyclic) bond motifs is 1. The van der Waals surface area contributed by atoms with E-state index in [0.717, 1.165) is 23.5 Å². The monoisotopic (exact) mass is 452 g/mol. The number of imide groups is 1. The van der Waals surface area contributed by atoms with Crippen molar-refractivity contribution in [2.45, 2.75) is 31.8 Å². The number of carbonyl (C=O) groups excluding carboxylic acids is 2. The average molecular weight is 453 g/mol. The minimum absolute atomic E-state index is 0.389. The molecule has 1 atom stereocenters. The lowest BCUT2D eigenvalue weighted by Crippen LogP contribution is -2.39. The van der Waals surface area contributed by atoms with Crippen LogP contribution in [0.5, 0.6) is 0 Å². The molecule has 0 bridgehead atoms. The van der Waals surface area contributed by atoms with Crippen molar-refractivity contribution in [3.05, 3.63) is 95.1 Å². The van der Waals surface area contributed by atoms with Gasteiger partial charge in [0.15, 0.2) is 6.04 Å². The van der Waals surface area contributed by atoms with E-state index in [-0.39, 0.29) is 5.91 Å². The molecule has 6 heteroatoms. The highest BCUT2D eigenvalue weighted by atomic mass is 16.2. The van der Waals surface area contributed by atoms with Gasteiger partial charge in [0.2, 0.25) is 0 Å². The van der Waals surface area contributed by atoms with Gasteiger partial charge >= 0.3 is 0 Å². The molecule has 3 aromatic carbocycles. The number of carbonyl (C=O) groups is 2. The molecule has 2 N–H and O–H groups in total. The SMILES string of the molecule is O=C1NC(=O)C(N=Cc2ccc(CN3CCCCC3)cc2)c2cc(Nc3ccccc3)ccc21. The second-order valence-corrected chi connectivity index (χ2v) is 8.87. The fourth-order valence-electron chi connectivity index (χ4n) is 4.54. The van der Waals surface area contributed by atoms with Gasteiger partial charge in [-0.15, -0.1) is 0 Å². The maximum absolute atomic E-state index is 12.7. The summed E-state index contributed by atoms with van der Waals surface area (Å²) in [4.78, 5) is 32.1. The van der Waals surface area contributed by atoms with Crippen molar-refractivity contribution in [1.82, 2.24) is 10.2 Å². The average Bonchev–Trinajstić information content (AvgIpc) is 2.86. The van der Waals surface area contributed by atoms with Gasteiger partial charge in [-0.3, -0.25) is 24.8 Å². The largest absolute Gasteiger partial charge is 0.356 e. The molecule has 1 fully saturated rings. The van der Waals surface area contributed by atoms with Gasteiger partial charge in [-0.1, -0.05) is 48.9 Å². The first-order valence-corrected chi connectivity index (χ1v) is 11.8. The Labute approximate surface area is 199 Å². The van der Waals surface area contributed by atoms with Gasteiger partial charge in [0.25, 0.3) is 11.8 Å². The highest BCUT2D eigenvalue weighted by Crippen LogP contribution is 2.30. The molecule has 2 amide bonds. The molecule has 0 aliphatic carbocycles. The van der Waals surface area contributed by atoms with E-state index in [2.05, 4.69) is 32.7 Å². The van der Waals surface area contributed by atoms with Crippen molar-refractivity contribution < 1.29 is 9.59 Å². The molecule has 2 heterocycles. The number of hydrogen-bond acceptors (Lipinski definition) is 5. The van der Waals surface area contributed by atoms with Gasteiger partial charge in [0, 0.05) is 35.3 Å². The number of benzene rings is 3. The summed E-state index contributed by atoms with van der Waals surface area (Å²) >= 11 is 0. The molecule has 2 aliphatic rings. The maximum Gasteiger partial charge on any atom is 0.258 e. The lowest BCUT2D eigenvalue weighted by atomic mass is 9.95. The van der Waals surface area contributed by atoms with Crippen molar-refractivity contribution in [3.8, 4) is 0 Å². The summed E-state index contributed by atoms with van der Waals surface area (Å²) < 4.78 is 0. The van der Waals surface area contributed by atoms with Crippen molar-refractivity contribution >= 4 is 29.4 Å². The summed E-state index contributed by atoms with van der Waals surface area (Å²) in [6.07, 6.45) is 5.60. The van der Waals surface area contributed by atoms with Crippen LogP contribution in [0.1, 0.15) is 52.4 Å². The molecule has 172 valence electrons. The zero-order valence-corrected chi connectivity index (χ0v) is 19.0. The number of nitrogens with zero attached hydrogens (tertiary/aromatic N) is 2. The molecule has 0 aromatic heterocycles. The number of aliphatic imine (C=N–C) groups is 1. The van der Waals surface area contributed by atoms with Crippen LogP contribution in [-0.2, 0) is 11.3 Å². The van der Waals surface area contributed by atoms with Crippen LogP contribution in [0.2, 0.25) is 0 Å². The molecule has 34 heavy (non-hydrogen) atoms. The molecule has 2 aliphatic heterocycles. The molecule has 0 radical (unpaired) electrons. The number of piperidine rings is 1. The Morgan fingerprint density at radius 2 is 1.68 bits per heavy atom. The smallest absolute Gasteiger partial charge is 0.258 e. The van der Waals surface area contributed by atoms with Crippen LogP contribution in [0.15, 0.2) is 77.8 Å². The standard InChI is InChI=1S/C28H28N4O2/c33-27-24-14-13-23(30-22-7-3-1-4-8-22)17-25(24)26(28(34)31-27)29-18-20-9-11-21(12-10-20)19-32-15-5-2-6-16-32/h1,3-4,7-14,17-18,26,30H,2,5-6,15-16,19H2,(H,31,33,34). The molecular weight excluding hydrogens is 424 g/mol. The Morgan fingerprint density at radius 1 is 0.912 bits per heavy atom. The van der Waals surface area contributed by atoms with E-state index < -0.39 is 11.9 Å². The van der Waals surface area contributed by atoms with Crippen molar-refractivity contribution in [1.29, 1.82) is 0 Å². The van der Waals surface area contributed by atoms with Gasteiger partial charge in [-0.25, -0.2) is 0 Å². The predicted octanol–water partition coefficient (Wildman–Crippen LogP) is 4.85. The number of nitrogens with one attached hydrogen (secondary N) is 2. The van der Waals surface area contributed by atoms with E-state index in [1.165, 1.54) is 37.9 Å². The predicted molar refractivity (Wildman–Crippen MR) is 135 cm³/mol. The molecule has 5 rings (SSSR count). The summed E-state index contributed by atoms with van der Waals surface area (Å²) in [5, 5.41) is 5.75. The Kier molecular flexibility index (Phi) is 6.49. The van der Waals surface area contributed by atoms with E-state index in [1.807, 2.05) is 54.6 Å². The van der Waals surface area contributed by atoms with Crippen LogP contribution in [-0.4, -0.2) is 36.0 Å². The second kappa shape index (κ2) is 10.0. The van der Waals surface area contributed by atoms with Crippen LogP contribution in [0.25, 0.3) is 0 Å². The number of rotatable bonds is 6. The van der Waals surface area contributed by atoms with Crippen LogP contribution in [0, 0.1) is 0 Å². The maximum atomic E-state index is 12.7. The zero-order chi connectivity index (χ0) is 23.3. The van der Waals surface area contributed by atoms with Crippen LogP contribution in [0.4, 0.5) is 11.4 Å². The number of hydrogen-bond donors (Lipinski definition) is 2. The highest BCUT2D eigenvalue weighted by molar-refractivity contribution is 6.12. The fourth-order valence-corrected chi connectivity index (χ4v) is 4.54. The van der Waals surface area contributed by atoms with Gasteiger partial charge in [-0.05, 0) is 67.4 Å². The number of anilines is 2. The highest BCUT2D eigenvalue weighted by Gasteiger charge is 2.32. The number of amides is 2. The number of para-hydroxylation sites is 1. The van der Waals surface area contributed by atoms with Gasteiger partial charge in [-0.2, -0.15) is 0 Å². The van der Waals surface area contributed by atoms with Gasteiger partial charge in [0.05, 0.1) is 0 Å². The summed E-state index contributed by atoms with van der Waals surface area (Å²) in [6, 6.07) is 22.7. The van der Waals surface area contributed by atoms with Crippen molar-refractivity contribution in [2.24, 2.45) is 4.99 Å². The van der Waals surface area contributed by atoms with E-state index in [9.17, 15) is 9.59 Å². The van der Waals surface area contributed by atoms with Gasteiger partial charge < -0.3 is 5.32 Å². The van der Waals surface area contributed by atoms with E-state index >= 15 is 0 Å². The molecule has 3 aromatic rings. The van der Waals surface area contributed by atoms with E-state index in [1.54, 1.807) is 12.3 Å². The summed E-state index contributed by atoms with van der Waals surface area (Å²) in [7, 11) is 0. The first-order valence-electron chi connectivity index (χ1n) is 11.8. The third-order valence-corrected chi connectivity index (χ3v) is 6.35. The quantitative estimate of drug-likeness (QED) is 0.414. The van der Waals surface area contributed by atoms with E-state index in [4.69, 9.17) is 0 Å². The third-order valence-electron chi connectivity index (χ3n) is 6.35. The third kappa shape index (κ3) is 5.07. The summed E-state index contributed by atoms with van der Waals surface area (Å²) in [5.41, 5.74) is 5.01. The van der Waals surface area contributed by atoms with Crippen LogP contribution < -0.4 is 10.6 Å². The number of likely N-dealkylation sites (tertiary alicyclic amines) is 1. The minimum Gasteiger partial charge on any atom is -0.356 e. The van der Waals surface area contributed by atoms with Gasteiger partial charge in [0.1, 0.15) is 0 Å². The Hall–Kier alpha value is -3.77. The van der Waals surface area contributed by atoms with Crippen molar-refractivity contribution in [2.75, 3.05) is 18.4 Å². The lowest BCUT2D eigenvalue weighted by Gasteiger charge is -2.26. The van der Waals surface area contributed by atoms with Crippen LogP contribution >= 0.6 is 0 Å². The first-order chi connectivity index (χ1) is 16.7. The Bertz CT molecular complexity index is 1200. The van der Waals surface area contributed by atoms with E-state index in [0.29, 0.717) is 11.1 Å². The molecule has 1 saturated heterocycles. The fraction of sp³-hybridized carbons (Fsp3) is 0.250. The molecular formula is C28H28N4O2. The molecule has 1 unspecified atom stereocenters. The Balaban J connectivity index is 1.34. The minimum atomic E-state index is -0.779.